The lowest BCUT2D eigenvalue weighted by Gasteiger charge is -2.32. The predicted molar refractivity (Wildman–Crippen MR) is 107 cm³/mol. The fourth-order valence-corrected chi connectivity index (χ4v) is 3.27. The highest BCUT2D eigenvalue weighted by Crippen LogP contribution is 2.26. The predicted octanol–water partition coefficient (Wildman–Crippen LogP) is 3.06. The van der Waals surface area contributed by atoms with Gasteiger partial charge in [0.05, 0.1) is 0 Å². The molecule has 7 nitrogen and oxygen atoms in total. The first-order valence-electron chi connectivity index (χ1n) is 9.18. The standard InChI is InChI=1S/C20H30N4O3/c1-13-7-8-16(21-14(2)25)10-17(13)22-19(27)23(6)11-15-9-18(26)24(12-15)20(3,4)5/h7-8,10,15H,9,11-12H2,1-6H3,(H,21,25)(H,22,27)/t15-/m0/s1. The van der Waals surface area contributed by atoms with Crippen molar-refractivity contribution >= 4 is 29.2 Å². The molecule has 0 spiro atoms. The summed E-state index contributed by atoms with van der Waals surface area (Å²) in [6, 6.07) is 5.14. The first-order chi connectivity index (χ1) is 12.5. The maximum Gasteiger partial charge on any atom is 0.321 e. The molecule has 0 radical (unpaired) electrons. The number of carbonyl (C=O) groups excluding carboxylic acids is 3. The van der Waals surface area contributed by atoms with Gasteiger partial charge in [-0.3, -0.25) is 9.59 Å². The lowest BCUT2D eigenvalue weighted by atomic mass is 10.1. The minimum absolute atomic E-state index is 0.124. The molecular formula is C20H30N4O3. The number of carbonyl (C=O) groups is 3. The Labute approximate surface area is 161 Å². The molecule has 2 N–H and O–H groups in total. The van der Waals surface area contributed by atoms with Gasteiger partial charge in [0.2, 0.25) is 11.8 Å². The van der Waals surface area contributed by atoms with Crippen molar-refractivity contribution in [3.63, 3.8) is 0 Å². The van der Waals surface area contributed by atoms with Crippen LogP contribution in [0.4, 0.5) is 16.2 Å². The Balaban J connectivity index is 1.98. The zero-order valence-electron chi connectivity index (χ0n) is 17.0. The Hall–Kier alpha value is -2.57. The van der Waals surface area contributed by atoms with Gasteiger partial charge in [0, 0.05) is 56.3 Å². The number of hydrogen-bond acceptors (Lipinski definition) is 3. The molecule has 1 heterocycles. The molecule has 1 aromatic carbocycles. The van der Waals surface area contributed by atoms with Crippen LogP contribution >= 0.6 is 0 Å². The van der Waals surface area contributed by atoms with Crippen molar-refractivity contribution in [2.75, 3.05) is 30.8 Å². The van der Waals surface area contributed by atoms with E-state index in [1.54, 1.807) is 24.1 Å². The molecule has 1 saturated heterocycles. The minimum atomic E-state index is -0.236. The van der Waals surface area contributed by atoms with Crippen molar-refractivity contribution in [3.05, 3.63) is 23.8 Å². The SMILES string of the molecule is CC(=O)Nc1ccc(C)c(NC(=O)N(C)C[C@@H]2CC(=O)N(C(C)(C)C)C2)c1. The Bertz CT molecular complexity index is 739. The molecule has 1 aliphatic heterocycles. The molecular weight excluding hydrogens is 344 g/mol. The number of likely N-dealkylation sites (tertiary alicyclic amines) is 1. The second-order valence-corrected chi connectivity index (χ2v) is 8.27. The van der Waals surface area contributed by atoms with E-state index in [4.69, 9.17) is 0 Å². The third kappa shape index (κ3) is 5.45. The molecule has 0 aromatic heterocycles. The second-order valence-electron chi connectivity index (χ2n) is 8.27. The van der Waals surface area contributed by atoms with E-state index >= 15 is 0 Å². The quantitative estimate of drug-likeness (QED) is 0.850. The van der Waals surface area contributed by atoms with Crippen molar-refractivity contribution in [2.45, 2.75) is 46.6 Å². The molecule has 4 amide bonds. The molecule has 1 aromatic rings. The zero-order chi connectivity index (χ0) is 20.4. The summed E-state index contributed by atoms with van der Waals surface area (Å²) in [5, 5.41) is 5.60. The van der Waals surface area contributed by atoms with Gasteiger partial charge in [-0.25, -0.2) is 4.79 Å². The Morgan fingerprint density at radius 1 is 1.26 bits per heavy atom. The number of hydrogen-bond donors (Lipinski definition) is 2. The van der Waals surface area contributed by atoms with Crippen LogP contribution in [0, 0.1) is 12.8 Å². The van der Waals surface area contributed by atoms with Crippen molar-refractivity contribution in [1.29, 1.82) is 0 Å². The second kappa shape index (κ2) is 7.98. The summed E-state index contributed by atoms with van der Waals surface area (Å²) < 4.78 is 0. The summed E-state index contributed by atoms with van der Waals surface area (Å²) in [7, 11) is 1.73. The van der Waals surface area contributed by atoms with Crippen molar-refractivity contribution in [3.8, 4) is 0 Å². The van der Waals surface area contributed by atoms with Gasteiger partial charge in [-0.05, 0) is 45.4 Å². The van der Waals surface area contributed by atoms with Crippen LogP contribution in [0.1, 0.15) is 39.7 Å². The molecule has 1 aliphatic rings. The number of benzene rings is 1. The summed E-state index contributed by atoms with van der Waals surface area (Å²) in [5.74, 6) is 0.0991. The van der Waals surface area contributed by atoms with Crippen LogP contribution in [0.2, 0.25) is 0 Å². The normalized spacial score (nSPS) is 17.0. The van der Waals surface area contributed by atoms with Crippen LogP contribution in [-0.2, 0) is 9.59 Å². The van der Waals surface area contributed by atoms with Crippen LogP contribution < -0.4 is 10.6 Å². The average Bonchev–Trinajstić information content (AvgIpc) is 2.90. The van der Waals surface area contributed by atoms with Crippen molar-refractivity contribution in [1.82, 2.24) is 9.80 Å². The molecule has 2 rings (SSSR count). The lowest BCUT2D eigenvalue weighted by Crippen LogP contribution is -2.43. The van der Waals surface area contributed by atoms with E-state index < -0.39 is 0 Å². The van der Waals surface area contributed by atoms with Gasteiger partial charge in [-0.15, -0.1) is 0 Å². The Morgan fingerprint density at radius 3 is 2.48 bits per heavy atom. The molecule has 1 fully saturated rings. The largest absolute Gasteiger partial charge is 0.337 e. The monoisotopic (exact) mass is 374 g/mol. The number of aryl methyl sites for hydroxylation is 1. The van der Waals surface area contributed by atoms with E-state index in [9.17, 15) is 14.4 Å². The smallest absolute Gasteiger partial charge is 0.321 e. The van der Waals surface area contributed by atoms with E-state index in [1.165, 1.54) is 6.92 Å². The number of urea groups is 1. The van der Waals surface area contributed by atoms with E-state index in [2.05, 4.69) is 10.6 Å². The maximum atomic E-state index is 12.6. The number of nitrogens with one attached hydrogen (secondary N) is 2. The number of nitrogens with zero attached hydrogens (tertiary/aromatic N) is 2. The Morgan fingerprint density at radius 2 is 1.93 bits per heavy atom. The summed E-state index contributed by atoms with van der Waals surface area (Å²) >= 11 is 0. The van der Waals surface area contributed by atoms with E-state index in [0.717, 1.165) is 5.56 Å². The topological polar surface area (TPSA) is 81.8 Å². The van der Waals surface area contributed by atoms with Gasteiger partial charge in [0.25, 0.3) is 0 Å². The highest BCUT2D eigenvalue weighted by atomic mass is 16.2. The van der Waals surface area contributed by atoms with Gasteiger partial charge in [-0.2, -0.15) is 0 Å². The summed E-state index contributed by atoms with van der Waals surface area (Å²) in [5.41, 5.74) is 1.99. The van der Waals surface area contributed by atoms with E-state index in [-0.39, 0.29) is 29.3 Å². The third-order valence-electron chi connectivity index (χ3n) is 4.69. The van der Waals surface area contributed by atoms with Crippen LogP contribution in [0.5, 0.6) is 0 Å². The van der Waals surface area contributed by atoms with Crippen LogP contribution in [-0.4, -0.2) is 53.3 Å². The molecule has 0 saturated carbocycles. The fraction of sp³-hybridized carbons (Fsp3) is 0.550. The molecule has 148 valence electrons. The third-order valence-corrected chi connectivity index (χ3v) is 4.69. The molecule has 0 bridgehead atoms. The average molecular weight is 374 g/mol. The van der Waals surface area contributed by atoms with E-state index in [1.807, 2.05) is 38.7 Å². The number of amides is 4. The summed E-state index contributed by atoms with van der Waals surface area (Å²) in [6.45, 7) is 10.6. The number of rotatable bonds is 4. The minimum Gasteiger partial charge on any atom is -0.337 e. The first-order valence-corrected chi connectivity index (χ1v) is 9.18. The maximum absolute atomic E-state index is 12.6. The number of anilines is 2. The van der Waals surface area contributed by atoms with Gasteiger partial charge < -0.3 is 20.4 Å². The fourth-order valence-electron chi connectivity index (χ4n) is 3.27. The first kappa shape index (κ1) is 20.7. The van der Waals surface area contributed by atoms with Crippen LogP contribution in [0.25, 0.3) is 0 Å². The molecule has 7 heteroatoms. The van der Waals surface area contributed by atoms with E-state index in [0.29, 0.717) is 30.9 Å². The Kier molecular flexibility index (Phi) is 6.13. The van der Waals surface area contributed by atoms with Gasteiger partial charge in [0.1, 0.15) is 0 Å². The van der Waals surface area contributed by atoms with Gasteiger partial charge in [-0.1, -0.05) is 6.07 Å². The molecule has 0 unspecified atom stereocenters. The van der Waals surface area contributed by atoms with Crippen molar-refractivity contribution in [2.24, 2.45) is 5.92 Å². The molecule has 27 heavy (non-hydrogen) atoms. The van der Waals surface area contributed by atoms with Gasteiger partial charge >= 0.3 is 6.03 Å². The molecule has 1 atom stereocenters. The van der Waals surface area contributed by atoms with Crippen LogP contribution in [0.3, 0.4) is 0 Å². The summed E-state index contributed by atoms with van der Waals surface area (Å²) in [4.78, 5) is 39.5. The molecule has 0 aliphatic carbocycles. The van der Waals surface area contributed by atoms with Crippen LogP contribution in [0.15, 0.2) is 18.2 Å². The zero-order valence-corrected chi connectivity index (χ0v) is 17.0. The highest BCUT2D eigenvalue weighted by molar-refractivity contribution is 5.93. The van der Waals surface area contributed by atoms with Crippen molar-refractivity contribution < 1.29 is 14.4 Å². The lowest BCUT2D eigenvalue weighted by molar-refractivity contribution is -0.131. The highest BCUT2D eigenvalue weighted by Gasteiger charge is 2.36. The summed E-state index contributed by atoms with van der Waals surface area (Å²) in [6.07, 6.45) is 0.464. The van der Waals surface area contributed by atoms with Gasteiger partial charge in [0.15, 0.2) is 0 Å².